The number of benzene rings is 2. The lowest BCUT2D eigenvalue weighted by atomic mass is 10.2. The van der Waals surface area contributed by atoms with Crippen molar-refractivity contribution < 1.29 is 14.3 Å². The maximum Gasteiger partial charge on any atom is 0.351 e. The van der Waals surface area contributed by atoms with Gasteiger partial charge in [0.2, 0.25) is 0 Å². The van der Waals surface area contributed by atoms with Crippen molar-refractivity contribution in [2.45, 2.75) is 75.2 Å². The number of nitrogens with zero attached hydrogens (tertiary/aromatic N) is 2. The molecule has 0 amide bonds. The molecule has 3 N–H and O–H groups in total. The average molecular weight is 598 g/mol. The summed E-state index contributed by atoms with van der Waals surface area (Å²) in [5.74, 6) is 1.05. The third kappa shape index (κ3) is 6.63. The second-order valence-corrected chi connectivity index (χ2v) is 23.9. The molecule has 0 spiro atoms. The Balaban J connectivity index is 1.68. The Morgan fingerprint density at radius 2 is 1.60 bits per heavy atom. The highest BCUT2D eigenvalue weighted by molar-refractivity contribution is 8.00. The van der Waals surface area contributed by atoms with Crippen molar-refractivity contribution in [2.24, 2.45) is 0 Å². The van der Waals surface area contributed by atoms with Crippen LogP contribution in [0.25, 0.3) is 0 Å². The maximum atomic E-state index is 12.8. The van der Waals surface area contributed by atoms with Gasteiger partial charge in [-0.05, 0) is 33.3 Å². The van der Waals surface area contributed by atoms with Crippen LogP contribution in [0.5, 0.6) is 0 Å². The Kier molecular flexibility index (Phi) is 9.48. The number of aliphatic hydroxyl groups is 1. The van der Waals surface area contributed by atoms with E-state index < -0.39 is 40.5 Å². The van der Waals surface area contributed by atoms with Gasteiger partial charge in [-0.1, -0.05) is 101 Å². The molecule has 1 fully saturated rings. The molecule has 1 aliphatic rings. The SMILES string of the molecule is CC(C)(C)[Si](OC[C@H]1O[C@@H](n2ccc(N)nc2=O)C(SCC[Si](C)(C)C)C1O)(c1ccccc1)c1ccccc1. The zero-order chi connectivity index (χ0) is 29.1. The van der Waals surface area contributed by atoms with Gasteiger partial charge in [-0.25, -0.2) is 4.79 Å². The van der Waals surface area contributed by atoms with Gasteiger partial charge in [0.15, 0.2) is 6.23 Å². The van der Waals surface area contributed by atoms with Gasteiger partial charge in [-0.2, -0.15) is 16.7 Å². The van der Waals surface area contributed by atoms with Crippen molar-refractivity contribution in [3.63, 3.8) is 0 Å². The van der Waals surface area contributed by atoms with Crippen LogP contribution in [0.15, 0.2) is 77.7 Å². The van der Waals surface area contributed by atoms with Crippen LogP contribution in [0.4, 0.5) is 5.82 Å². The molecule has 2 aromatic carbocycles. The van der Waals surface area contributed by atoms with E-state index in [0.29, 0.717) is 0 Å². The van der Waals surface area contributed by atoms with E-state index in [1.807, 2.05) is 12.1 Å². The number of hydrogen-bond donors (Lipinski definition) is 2. The molecule has 7 nitrogen and oxygen atoms in total. The Bertz CT molecular complexity index is 1270. The highest BCUT2D eigenvalue weighted by Crippen LogP contribution is 2.41. The molecule has 0 saturated carbocycles. The lowest BCUT2D eigenvalue weighted by Gasteiger charge is -2.43. The number of aliphatic hydroxyl groups excluding tert-OH is 1. The van der Waals surface area contributed by atoms with Crippen LogP contribution >= 0.6 is 11.8 Å². The summed E-state index contributed by atoms with van der Waals surface area (Å²) in [6.07, 6.45) is -0.491. The average Bonchev–Trinajstić information content (AvgIpc) is 3.19. The first kappa shape index (κ1) is 30.7. The summed E-state index contributed by atoms with van der Waals surface area (Å²) in [6.45, 7) is 13.9. The summed E-state index contributed by atoms with van der Waals surface area (Å²) in [5.41, 5.74) is 5.27. The van der Waals surface area contributed by atoms with Crippen LogP contribution in [0.2, 0.25) is 30.7 Å². The number of nitrogens with two attached hydrogens (primary N) is 1. The molecule has 10 heteroatoms. The fourth-order valence-electron chi connectivity index (χ4n) is 5.35. The topological polar surface area (TPSA) is 99.6 Å². The second kappa shape index (κ2) is 12.3. The standard InChI is InChI=1S/C30H43N3O4SSi2/c1-30(2,3)40(22-13-9-7-10-14-22,23-15-11-8-12-16-23)36-21-24-26(34)27(38-19-20-39(4,5)6)28(37-24)33-18-17-25(31)32-29(33)35/h7-18,24,26-28,34H,19-21H2,1-6H3,(H2,31,32,35)/t24-,26?,27?,28-/m1/s1. The molecule has 0 aliphatic carbocycles. The number of aromatic nitrogens is 2. The van der Waals surface area contributed by atoms with Crippen molar-refractivity contribution in [1.29, 1.82) is 0 Å². The van der Waals surface area contributed by atoms with Gasteiger partial charge in [0.05, 0.1) is 18.0 Å². The van der Waals surface area contributed by atoms with Gasteiger partial charge in [-0.15, -0.1) is 0 Å². The van der Waals surface area contributed by atoms with Gasteiger partial charge in [0.1, 0.15) is 11.9 Å². The van der Waals surface area contributed by atoms with Crippen molar-refractivity contribution in [3.8, 4) is 0 Å². The third-order valence-electron chi connectivity index (χ3n) is 7.48. The number of thioether (sulfide) groups is 1. The number of nitrogen functional groups attached to an aromatic ring is 1. The van der Waals surface area contributed by atoms with E-state index in [9.17, 15) is 9.90 Å². The summed E-state index contributed by atoms with van der Waals surface area (Å²) in [4.78, 5) is 16.7. The summed E-state index contributed by atoms with van der Waals surface area (Å²) in [5, 5.41) is 13.4. The van der Waals surface area contributed by atoms with Crippen LogP contribution in [0.3, 0.4) is 0 Å². The largest absolute Gasteiger partial charge is 0.405 e. The number of hydrogen-bond acceptors (Lipinski definition) is 7. The van der Waals surface area contributed by atoms with Crippen LogP contribution in [-0.2, 0) is 9.16 Å². The quantitative estimate of drug-likeness (QED) is 0.340. The Morgan fingerprint density at radius 3 is 2.10 bits per heavy atom. The highest BCUT2D eigenvalue weighted by Gasteiger charge is 2.52. The summed E-state index contributed by atoms with van der Waals surface area (Å²) < 4.78 is 15.0. The van der Waals surface area contributed by atoms with Crippen molar-refractivity contribution in [2.75, 3.05) is 18.1 Å². The van der Waals surface area contributed by atoms with E-state index in [4.69, 9.17) is 14.9 Å². The number of anilines is 1. The first-order chi connectivity index (χ1) is 18.8. The lowest BCUT2D eigenvalue weighted by molar-refractivity contribution is -0.0423. The van der Waals surface area contributed by atoms with Crippen LogP contribution in [0.1, 0.15) is 27.0 Å². The molecular weight excluding hydrogens is 555 g/mol. The molecule has 1 aliphatic heterocycles. The monoisotopic (exact) mass is 597 g/mol. The molecule has 4 rings (SSSR count). The molecule has 1 aromatic heterocycles. The van der Waals surface area contributed by atoms with Crippen molar-refractivity contribution in [1.82, 2.24) is 9.55 Å². The Hall–Kier alpha value is -2.22. The maximum absolute atomic E-state index is 12.8. The van der Waals surface area contributed by atoms with Crippen LogP contribution < -0.4 is 21.8 Å². The zero-order valence-corrected chi connectivity index (χ0v) is 27.2. The molecule has 216 valence electrons. The van der Waals surface area contributed by atoms with Gasteiger partial charge < -0.3 is 20.0 Å². The molecule has 2 heterocycles. The Labute approximate surface area is 244 Å². The number of ether oxygens (including phenoxy) is 1. The molecule has 40 heavy (non-hydrogen) atoms. The first-order valence-electron chi connectivity index (χ1n) is 13.9. The normalized spacial score (nSPS) is 22.0. The molecular formula is C30H43N3O4SSi2. The fraction of sp³-hybridized carbons (Fsp3) is 0.467. The third-order valence-corrected chi connectivity index (χ3v) is 15.9. The van der Waals surface area contributed by atoms with Crippen molar-refractivity contribution in [3.05, 3.63) is 83.4 Å². The minimum absolute atomic E-state index is 0.161. The van der Waals surface area contributed by atoms with E-state index >= 15 is 0 Å². The predicted molar refractivity (Wildman–Crippen MR) is 171 cm³/mol. The molecule has 4 atom stereocenters. The van der Waals surface area contributed by atoms with E-state index in [-0.39, 0.29) is 22.7 Å². The highest BCUT2D eigenvalue weighted by atomic mass is 32.2. The lowest BCUT2D eigenvalue weighted by Crippen LogP contribution is -2.67. The Morgan fingerprint density at radius 1 is 1.02 bits per heavy atom. The molecule has 2 unspecified atom stereocenters. The fourth-order valence-corrected chi connectivity index (χ4v) is 13.8. The molecule has 0 bridgehead atoms. The summed E-state index contributed by atoms with van der Waals surface area (Å²) in [6, 6.07) is 23.5. The molecule has 1 saturated heterocycles. The van der Waals surface area contributed by atoms with E-state index in [2.05, 4.69) is 93.9 Å². The summed E-state index contributed by atoms with van der Waals surface area (Å²) >= 11 is 1.67. The van der Waals surface area contributed by atoms with Gasteiger partial charge in [0, 0.05) is 14.3 Å². The van der Waals surface area contributed by atoms with Gasteiger partial charge >= 0.3 is 5.69 Å². The van der Waals surface area contributed by atoms with Gasteiger partial charge in [-0.3, -0.25) is 4.57 Å². The van der Waals surface area contributed by atoms with Crippen LogP contribution in [-0.4, -0.2) is 60.9 Å². The molecule has 0 radical (unpaired) electrons. The smallest absolute Gasteiger partial charge is 0.351 e. The first-order valence-corrected chi connectivity index (χ1v) is 20.5. The minimum Gasteiger partial charge on any atom is -0.405 e. The number of rotatable bonds is 10. The second-order valence-electron chi connectivity index (χ2n) is 12.7. The van der Waals surface area contributed by atoms with E-state index in [1.165, 1.54) is 4.57 Å². The summed E-state index contributed by atoms with van der Waals surface area (Å²) in [7, 11) is -4.11. The van der Waals surface area contributed by atoms with Crippen LogP contribution in [0, 0.1) is 0 Å². The van der Waals surface area contributed by atoms with Crippen molar-refractivity contribution >= 4 is 44.3 Å². The zero-order valence-electron chi connectivity index (χ0n) is 24.4. The minimum atomic E-state index is -2.83. The molecule has 3 aromatic rings. The van der Waals surface area contributed by atoms with Gasteiger partial charge in [0.25, 0.3) is 8.32 Å². The predicted octanol–water partition coefficient (Wildman–Crippen LogP) is 4.10. The van der Waals surface area contributed by atoms with E-state index in [0.717, 1.165) is 22.2 Å². The van der Waals surface area contributed by atoms with E-state index in [1.54, 1.807) is 24.0 Å².